The highest BCUT2D eigenvalue weighted by Crippen LogP contribution is 2.19. The van der Waals surface area contributed by atoms with E-state index < -0.39 is 29.0 Å². The zero-order chi connectivity index (χ0) is 21.1. The second-order valence-corrected chi connectivity index (χ2v) is 6.46. The average Bonchev–Trinajstić information content (AvgIpc) is 3.22. The Balaban J connectivity index is 0.00000450. The number of anilines is 1. The summed E-state index contributed by atoms with van der Waals surface area (Å²) >= 11 is 0. The van der Waals surface area contributed by atoms with Gasteiger partial charge in [0, 0.05) is 26.3 Å². The lowest BCUT2D eigenvalue weighted by Crippen LogP contribution is -2.38. The molecule has 1 unspecified atom stereocenters. The van der Waals surface area contributed by atoms with Crippen molar-refractivity contribution < 1.29 is 27.4 Å². The minimum Gasteiger partial charge on any atom is -0.379 e. The van der Waals surface area contributed by atoms with Crippen molar-refractivity contribution >= 4 is 41.5 Å². The lowest BCUT2D eigenvalue weighted by molar-refractivity contribution is -0.114. The quantitative estimate of drug-likeness (QED) is 0.139. The lowest BCUT2D eigenvalue weighted by Gasteiger charge is -2.13. The molecule has 1 fully saturated rings. The van der Waals surface area contributed by atoms with Crippen molar-refractivity contribution in [3.05, 3.63) is 29.6 Å². The summed E-state index contributed by atoms with van der Waals surface area (Å²) < 4.78 is 50.8. The van der Waals surface area contributed by atoms with Crippen molar-refractivity contribution in [2.75, 3.05) is 44.8 Å². The largest absolute Gasteiger partial charge is 0.379 e. The molecule has 0 saturated carbocycles. The van der Waals surface area contributed by atoms with E-state index in [1.807, 2.05) is 6.92 Å². The van der Waals surface area contributed by atoms with Gasteiger partial charge in [0.15, 0.2) is 23.4 Å². The Kier molecular flexibility index (Phi) is 12.7. The van der Waals surface area contributed by atoms with Gasteiger partial charge >= 0.3 is 0 Å². The van der Waals surface area contributed by atoms with Gasteiger partial charge in [-0.3, -0.25) is 4.79 Å². The van der Waals surface area contributed by atoms with Crippen LogP contribution in [0, 0.1) is 17.5 Å². The summed E-state index contributed by atoms with van der Waals surface area (Å²) in [5.74, 6) is -4.66. The number of guanidine groups is 1. The molecule has 2 rings (SSSR count). The van der Waals surface area contributed by atoms with E-state index in [0.717, 1.165) is 38.0 Å². The summed E-state index contributed by atoms with van der Waals surface area (Å²) in [5.41, 5.74) is -0.439. The first-order valence-electron chi connectivity index (χ1n) is 9.66. The van der Waals surface area contributed by atoms with Gasteiger partial charge in [-0.05, 0) is 38.3 Å². The minimum atomic E-state index is -1.64. The van der Waals surface area contributed by atoms with Gasteiger partial charge in [-0.25, -0.2) is 18.2 Å². The van der Waals surface area contributed by atoms with E-state index >= 15 is 0 Å². The maximum atomic E-state index is 13.6. The van der Waals surface area contributed by atoms with Crippen molar-refractivity contribution in [3.63, 3.8) is 0 Å². The van der Waals surface area contributed by atoms with E-state index in [1.54, 1.807) is 0 Å². The van der Waals surface area contributed by atoms with Gasteiger partial charge in [0.1, 0.15) is 6.54 Å². The number of hydrogen-bond donors (Lipinski definition) is 3. The van der Waals surface area contributed by atoms with Gasteiger partial charge in [-0.1, -0.05) is 0 Å². The normalized spacial score (nSPS) is 16.1. The Morgan fingerprint density at radius 2 is 2.07 bits per heavy atom. The van der Waals surface area contributed by atoms with Gasteiger partial charge in [0.05, 0.1) is 18.4 Å². The molecule has 30 heavy (non-hydrogen) atoms. The molecule has 1 aliphatic rings. The fraction of sp³-hybridized carbons (Fsp3) is 0.579. The molecule has 1 aliphatic heterocycles. The molecule has 0 spiro atoms. The summed E-state index contributed by atoms with van der Waals surface area (Å²) in [6, 6.07) is 1.69. The van der Waals surface area contributed by atoms with Gasteiger partial charge in [-0.15, -0.1) is 24.0 Å². The van der Waals surface area contributed by atoms with E-state index in [0.29, 0.717) is 32.3 Å². The van der Waals surface area contributed by atoms with Gasteiger partial charge < -0.3 is 25.4 Å². The molecule has 1 aromatic rings. The summed E-state index contributed by atoms with van der Waals surface area (Å²) in [4.78, 5) is 16.0. The first kappa shape index (κ1) is 26.4. The summed E-state index contributed by atoms with van der Waals surface area (Å²) in [5, 5.41) is 8.21. The fourth-order valence-electron chi connectivity index (χ4n) is 2.68. The van der Waals surface area contributed by atoms with Crippen LogP contribution in [0.2, 0.25) is 0 Å². The highest BCUT2D eigenvalue weighted by Gasteiger charge is 2.16. The molecule has 0 bridgehead atoms. The topological polar surface area (TPSA) is 84.0 Å². The number of nitrogens with one attached hydrogen (secondary N) is 3. The maximum absolute atomic E-state index is 13.6. The Hall–Kier alpha value is -1.60. The number of aliphatic imine (C=N–C) groups is 1. The number of benzene rings is 1. The minimum absolute atomic E-state index is 0. The number of carbonyl (C=O) groups excluding carboxylic acids is 1. The van der Waals surface area contributed by atoms with Crippen LogP contribution in [0.1, 0.15) is 26.2 Å². The molecule has 0 aliphatic carbocycles. The van der Waals surface area contributed by atoms with Crippen LogP contribution in [0.25, 0.3) is 0 Å². The predicted molar refractivity (Wildman–Crippen MR) is 119 cm³/mol. The lowest BCUT2D eigenvalue weighted by atomic mass is 10.2. The number of rotatable bonds is 10. The molecular formula is C19H28F3IN4O3. The average molecular weight is 544 g/mol. The van der Waals surface area contributed by atoms with E-state index in [-0.39, 0.29) is 36.6 Å². The molecule has 1 amide bonds. The molecule has 11 heteroatoms. The van der Waals surface area contributed by atoms with Crippen LogP contribution < -0.4 is 16.0 Å². The van der Waals surface area contributed by atoms with Crippen LogP contribution >= 0.6 is 24.0 Å². The van der Waals surface area contributed by atoms with E-state index in [2.05, 4.69) is 20.9 Å². The van der Waals surface area contributed by atoms with Crippen molar-refractivity contribution in [1.29, 1.82) is 0 Å². The van der Waals surface area contributed by atoms with Gasteiger partial charge in [-0.2, -0.15) is 0 Å². The molecule has 1 heterocycles. The van der Waals surface area contributed by atoms with Crippen LogP contribution in [0.3, 0.4) is 0 Å². The third-order valence-corrected chi connectivity index (χ3v) is 4.12. The molecular weight excluding hydrogens is 516 g/mol. The summed E-state index contributed by atoms with van der Waals surface area (Å²) in [6.07, 6.45) is 3.05. The molecule has 0 radical (unpaired) electrons. The molecule has 170 valence electrons. The first-order chi connectivity index (χ1) is 14.0. The highest BCUT2D eigenvalue weighted by atomic mass is 127. The SMILES string of the molecule is CCNC(=NCC(=O)Nc1ccc(F)c(F)c1F)NCCCOCC1CCCO1.I. The monoisotopic (exact) mass is 544 g/mol. The third kappa shape index (κ3) is 9.04. The van der Waals surface area contributed by atoms with Crippen molar-refractivity contribution in [1.82, 2.24) is 10.6 Å². The first-order valence-corrected chi connectivity index (χ1v) is 9.66. The van der Waals surface area contributed by atoms with Gasteiger partial charge in [0.2, 0.25) is 5.91 Å². The highest BCUT2D eigenvalue weighted by molar-refractivity contribution is 14.0. The predicted octanol–water partition coefficient (Wildman–Crippen LogP) is 2.80. The van der Waals surface area contributed by atoms with Crippen LogP contribution in [0.4, 0.5) is 18.9 Å². The molecule has 1 aromatic carbocycles. The van der Waals surface area contributed by atoms with Crippen molar-refractivity contribution in [3.8, 4) is 0 Å². The summed E-state index contributed by atoms with van der Waals surface area (Å²) in [6.45, 7) is 4.69. The second kappa shape index (κ2) is 14.4. The standard InChI is InChI=1S/C19H27F3N4O3.HI/c1-2-23-19(24-8-4-9-28-12-13-5-3-10-29-13)25-11-16(27)26-15-7-6-14(20)17(21)18(15)22;/h6-7,13H,2-5,8-12H2,1H3,(H,26,27)(H2,23,24,25);1H. The summed E-state index contributed by atoms with van der Waals surface area (Å²) in [7, 11) is 0. The van der Waals surface area contributed by atoms with E-state index in [4.69, 9.17) is 9.47 Å². The van der Waals surface area contributed by atoms with Gasteiger partial charge in [0.25, 0.3) is 0 Å². The Morgan fingerprint density at radius 3 is 2.77 bits per heavy atom. The molecule has 1 saturated heterocycles. The number of carbonyl (C=O) groups is 1. The molecule has 7 nitrogen and oxygen atoms in total. The van der Waals surface area contributed by atoms with Crippen LogP contribution in [0.5, 0.6) is 0 Å². The third-order valence-electron chi connectivity index (χ3n) is 4.12. The Morgan fingerprint density at radius 1 is 1.27 bits per heavy atom. The van der Waals surface area contributed by atoms with Crippen molar-refractivity contribution in [2.45, 2.75) is 32.3 Å². The van der Waals surface area contributed by atoms with E-state index in [9.17, 15) is 18.0 Å². The zero-order valence-electron chi connectivity index (χ0n) is 16.8. The van der Waals surface area contributed by atoms with Crippen molar-refractivity contribution in [2.24, 2.45) is 4.99 Å². The smallest absolute Gasteiger partial charge is 0.246 e. The maximum Gasteiger partial charge on any atom is 0.246 e. The fourth-order valence-corrected chi connectivity index (χ4v) is 2.68. The number of ether oxygens (including phenoxy) is 2. The Labute approximate surface area is 191 Å². The van der Waals surface area contributed by atoms with Crippen LogP contribution in [0.15, 0.2) is 17.1 Å². The van der Waals surface area contributed by atoms with E-state index in [1.165, 1.54) is 0 Å². The zero-order valence-corrected chi connectivity index (χ0v) is 19.1. The van der Waals surface area contributed by atoms with Crippen LogP contribution in [-0.2, 0) is 14.3 Å². The molecule has 3 N–H and O–H groups in total. The number of nitrogens with zero attached hydrogens (tertiary/aromatic N) is 1. The second-order valence-electron chi connectivity index (χ2n) is 6.46. The van der Waals surface area contributed by atoms with Crippen LogP contribution in [-0.4, -0.2) is 57.4 Å². The molecule has 0 aromatic heterocycles. The number of halogens is 4. The molecule has 1 atom stereocenters. The Bertz CT molecular complexity index is 704. The number of amides is 1. The number of hydrogen-bond acceptors (Lipinski definition) is 4.